The van der Waals surface area contributed by atoms with Gasteiger partial charge in [0.25, 0.3) is 5.91 Å². The molecule has 2 aromatic carbocycles. The molecule has 3 aromatic rings. The van der Waals surface area contributed by atoms with E-state index in [-0.39, 0.29) is 17.8 Å². The van der Waals surface area contributed by atoms with Crippen LogP contribution in [-0.2, 0) is 20.0 Å². The van der Waals surface area contributed by atoms with E-state index >= 15 is 0 Å². The number of amides is 1. The molecule has 2 heterocycles. The Morgan fingerprint density at radius 1 is 1.21 bits per heavy atom. The Hall–Kier alpha value is -3.35. The Bertz CT molecular complexity index is 1300. The average Bonchev–Trinajstić information content (AvgIpc) is 3.61. The number of aryl methyl sites for hydroxylation is 2. The van der Waals surface area contributed by atoms with E-state index < -0.39 is 0 Å². The molecule has 7 heteroatoms. The molecule has 0 saturated heterocycles. The number of hydrogen-bond donors (Lipinski definition) is 1. The maximum atomic E-state index is 13.8. The van der Waals surface area contributed by atoms with Crippen LogP contribution in [0.15, 0.2) is 42.7 Å². The summed E-state index contributed by atoms with van der Waals surface area (Å²) >= 11 is 0. The number of nitrogens with one attached hydrogen (secondary N) is 1. The van der Waals surface area contributed by atoms with Crippen LogP contribution < -0.4 is 10.4 Å². The first-order valence-corrected chi connectivity index (χ1v) is 11.9. The van der Waals surface area contributed by atoms with Crippen molar-refractivity contribution in [1.29, 1.82) is 5.41 Å². The summed E-state index contributed by atoms with van der Waals surface area (Å²) in [6.45, 7) is 5.51. The standard InChI is InChI=1S/C27H31FN4O2/c1-17-12-21(6-7-24(17)28)18(2)32-9-8-22-23(26(32)33)13-20(14-25(22)34-16-19-4-5-19)15-31-11-10-30(3)27(31)29/h6-7,10-14,18-19,29H,4-5,8-9,15-16H2,1-3H3/t18-/m0/s1. The molecule has 0 unspecified atom stereocenters. The fourth-order valence-electron chi connectivity index (χ4n) is 4.68. The normalized spacial score (nSPS) is 16.5. The monoisotopic (exact) mass is 462 g/mol. The van der Waals surface area contributed by atoms with Crippen molar-refractivity contribution in [1.82, 2.24) is 14.0 Å². The molecule has 1 aliphatic carbocycles. The summed E-state index contributed by atoms with van der Waals surface area (Å²) in [5.74, 6) is 1.14. The first-order chi connectivity index (χ1) is 16.3. The Morgan fingerprint density at radius 2 is 2.00 bits per heavy atom. The van der Waals surface area contributed by atoms with Crippen LogP contribution in [0.2, 0.25) is 0 Å². The van der Waals surface area contributed by atoms with Gasteiger partial charge in [-0.1, -0.05) is 12.1 Å². The van der Waals surface area contributed by atoms with Crippen LogP contribution in [0.1, 0.15) is 58.4 Å². The lowest BCUT2D eigenvalue weighted by Crippen LogP contribution is -2.39. The Labute approximate surface area is 199 Å². The Balaban J connectivity index is 1.48. The second-order valence-corrected chi connectivity index (χ2v) is 9.67. The highest BCUT2D eigenvalue weighted by molar-refractivity contribution is 5.98. The molecule has 1 aromatic heterocycles. The SMILES string of the molecule is Cc1cc([C@H](C)N2CCc3c(OCC4CC4)cc(Cn4ccn(C)c4=N)cc3C2=O)ccc1F. The quantitative estimate of drug-likeness (QED) is 0.567. The van der Waals surface area contributed by atoms with Gasteiger partial charge in [0, 0.05) is 37.1 Å². The third-order valence-corrected chi connectivity index (χ3v) is 7.10. The number of hydrogen-bond acceptors (Lipinski definition) is 3. The number of rotatable bonds is 7. The van der Waals surface area contributed by atoms with Gasteiger partial charge in [-0.05, 0) is 73.9 Å². The minimum atomic E-state index is -0.236. The van der Waals surface area contributed by atoms with Crippen molar-refractivity contribution in [3.63, 3.8) is 0 Å². The van der Waals surface area contributed by atoms with Gasteiger partial charge in [-0.15, -0.1) is 0 Å². The number of carbonyl (C=O) groups is 1. The third kappa shape index (κ3) is 4.27. The van der Waals surface area contributed by atoms with E-state index in [1.54, 1.807) is 17.6 Å². The van der Waals surface area contributed by atoms with Gasteiger partial charge < -0.3 is 18.8 Å². The van der Waals surface area contributed by atoms with Gasteiger partial charge in [0.15, 0.2) is 0 Å². The summed E-state index contributed by atoms with van der Waals surface area (Å²) in [7, 11) is 1.84. The lowest BCUT2D eigenvalue weighted by molar-refractivity contribution is 0.0670. The van der Waals surface area contributed by atoms with Crippen LogP contribution in [0, 0.1) is 24.1 Å². The zero-order chi connectivity index (χ0) is 24.0. The van der Waals surface area contributed by atoms with Crippen molar-refractivity contribution in [2.24, 2.45) is 13.0 Å². The van der Waals surface area contributed by atoms with E-state index in [1.807, 2.05) is 54.0 Å². The summed E-state index contributed by atoms with van der Waals surface area (Å²) in [6.07, 6.45) is 6.84. The van der Waals surface area contributed by atoms with E-state index in [4.69, 9.17) is 10.1 Å². The summed E-state index contributed by atoms with van der Waals surface area (Å²) < 4.78 is 23.6. The fourth-order valence-corrected chi connectivity index (χ4v) is 4.68. The number of imidazole rings is 1. The minimum Gasteiger partial charge on any atom is -0.493 e. The van der Waals surface area contributed by atoms with E-state index in [0.29, 0.717) is 48.8 Å². The highest BCUT2D eigenvalue weighted by atomic mass is 19.1. The smallest absolute Gasteiger partial charge is 0.254 e. The second kappa shape index (κ2) is 8.78. The molecule has 1 atom stereocenters. The zero-order valence-corrected chi connectivity index (χ0v) is 20.0. The van der Waals surface area contributed by atoms with Gasteiger partial charge in [0.1, 0.15) is 11.6 Å². The van der Waals surface area contributed by atoms with Crippen molar-refractivity contribution < 1.29 is 13.9 Å². The first-order valence-electron chi connectivity index (χ1n) is 11.9. The maximum absolute atomic E-state index is 13.8. The van der Waals surface area contributed by atoms with Crippen LogP contribution >= 0.6 is 0 Å². The van der Waals surface area contributed by atoms with Crippen LogP contribution in [0.5, 0.6) is 5.75 Å². The molecule has 2 aliphatic rings. The number of nitrogens with zero attached hydrogens (tertiary/aromatic N) is 3. The highest BCUT2D eigenvalue weighted by Gasteiger charge is 2.32. The average molecular weight is 463 g/mol. The van der Waals surface area contributed by atoms with Gasteiger partial charge in [0.05, 0.1) is 19.2 Å². The molecule has 1 aliphatic heterocycles. The van der Waals surface area contributed by atoms with Crippen molar-refractivity contribution in [3.8, 4) is 5.75 Å². The van der Waals surface area contributed by atoms with Crippen molar-refractivity contribution in [3.05, 3.63) is 82.0 Å². The van der Waals surface area contributed by atoms with Gasteiger partial charge in [-0.3, -0.25) is 10.2 Å². The van der Waals surface area contributed by atoms with Gasteiger partial charge >= 0.3 is 0 Å². The number of benzene rings is 2. The van der Waals surface area contributed by atoms with E-state index in [9.17, 15) is 9.18 Å². The first kappa shape index (κ1) is 22.4. The fraction of sp³-hybridized carbons (Fsp3) is 0.407. The molecule has 0 bridgehead atoms. The van der Waals surface area contributed by atoms with E-state index in [1.165, 1.54) is 18.9 Å². The van der Waals surface area contributed by atoms with E-state index in [2.05, 4.69) is 0 Å². The molecule has 5 rings (SSSR count). The molecular formula is C27H31FN4O2. The molecule has 178 valence electrons. The number of carbonyl (C=O) groups excluding carboxylic acids is 1. The highest BCUT2D eigenvalue weighted by Crippen LogP contribution is 2.36. The van der Waals surface area contributed by atoms with E-state index in [0.717, 1.165) is 22.4 Å². The van der Waals surface area contributed by atoms with Crippen molar-refractivity contribution in [2.45, 2.75) is 45.7 Å². The number of ether oxygens (including phenoxy) is 1. The zero-order valence-electron chi connectivity index (χ0n) is 20.0. The summed E-state index contributed by atoms with van der Waals surface area (Å²) in [5, 5.41) is 8.26. The Kier molecular flexibility index (Phi) is 5.80. The van der Waals surface area contributed by atoms with Crippen molar-refractivity contribution in [2.75, 3.05) is 13.2 Å². The van der Waals surface area contributed by atoms with Gasteiger partial charge in [-0.25, -0.2) is 4.39 Å². The molecule has 1 fully saturated rings. The molecule has 0 radical (unpaired) electrons. The number of halogens is 1. The predicted octanol–water partition coefficient (Wildman–Crippen LogP) is 4.35. The minimum absolute atomic E-state index is 0.0296. The summed E-state index contributed by atoms with van der Waals surface area (Å²) in [5.41, 5.74) is 4.48. The summed E-state index contributed by atoms with van der Waals surface area (Å²) in [4.78, 5) is 15.6. The molecule has 1 saturated carbocycles. The summed E-state index contributed by atoms with van der Waals surface area (Å²) in [6, 6.07) is 8.89. The molecule has 0 spiro atoms. The molecular weight excluding hydrogens is 431 g/mol. The molecule has 34 heavy (non-hydrogen) atoms. The number of fused-ring (bicyclic) bond motifs is 1. The van der Waals surface area contributed by atoms with Crippen LogP contribution in [-0.4, -0.2) is 33.1 Å². The largest absolute Gasteiger partial charge is 0.493 e. The second-order valence-electron chi connectivity index (χ2n) is 9.67. The van der Waals surface area contributed by atoms with Crippen LogP contribution in [0.25, 0.3) is 0 Å². The lowest BCUT2D eigenvalue weighted by Gasteiger charge is -2.35. The maximum Gasteiger partial charge on any atom is 0.254 e. The topological polar surface area (TPSA) is 63.2 Å². The van der Waals surface area contributed by atoms with Gasteiger partial charge in [-0.2, -0.15) is 0 Å². The molecule has 1 amide bonds. The van der Waals surface area contributed by atoms with Crippen molar-refractivity contribution >= 4 is 5.91 Å². The predicted molar refractivity (Wildman–Crippen MR) is 127 cm³/mol. The third-order valence-electron chi connectivity index (χ3n) is 7.10. The van der Waals surface area contributed by atoms with Crippen LogP contribution in [0.3, 0.4) is 0 Å². The molecule has 1 N–H and O–H groups in total. The number of aromatic nitrogens is 2. The van der Waals surface area contributed by atoms with Gasteiger partial charge in [0.2, 0.25) is 5.62 Å². The molecule has 6 nitrogen and oxygen atoms in total. The Morgan fingerprint density at radius 3 is 2.68 bits per heavy atom. The van der Waals surface area contributed by atoms with Crippen LogP contribution in [0.4, 0.5) is 4.39 Å². The lowest BCUT2D eigenvalue weighted by atomic mass is 9.93.